The molecule has 6 heteroatoms. The first-order valence-corrected chi connectivity index (χ1v) is 6.50. The van der Waals surface area contributed by atoms with Crippen LogP contribution in [0.25, 0.3) is 0 Å². The third-order valence-corrected chi connectivity index (χ3v) is 3.01. The Morgan fingerprint density at radius 2 is 2.29 bits per heavy atom. The third kappa shape index (κ3) is 4.05. The summed E-state index contributed by atoms with van der Waals surface area (Å²) < 4.78 is 7.84. The molecule has 1 rings (SSSR count). The highest BCUT2D eigenvalue weighted by molar-refractivity contribution is 6.99. The van der Waals surface area contributed by atoms with Crippen molar-refractivity contribution in [2.24, 2.45) is 11.1 Å². The van der Waals surface area contributed by atoms with Crippen LogP contribution < -0.4 is 5.73 Å². The van der Waals surface area contributed by atoms with Gasteiger partial charge in [-0.05, 0) is 18.4 Å². The fourth-order valence-electron chi connectivity index (χ4n) is 1.52. The molecule has 17 heavy (non-hydrogen) atoms. The Morgan fingerprint density at radius 3 is 2.76 bits per heavy atom. The minimum atomic E-state index is -0.0751. The average molecular weight is 256 g/mol. The molecule has 0 fully saturated rings. The topological polar surface area (TPSA) is 72.1 Å². The molecule has 0 aliphatic rings. The zero-order valence-electron chi connectivity index (χ0n) is 10.6. The van der Waals surface area contributed by atoms with Crippen LogP contribution in [-0.2, 0) is 0 Å². The predicted molar refractivity (Wildman–Crippen MR) is 68.9 cm³/mol. The summed E-state index contributed by atoms with van der Waals surface area (Å²) in [5.41, 5.74) is 6.06. The van der Waals surface area contributed by atoms with Crippen molar-refractivity contribution in [1.82, 2.24) is 13.6 Å². The molecule has 1 aromatic rings. The number of carbonyl (C=O) groups excluding carboxylic acids is 1. The lowest BCUT2D eigenvalue weighted by Crippen LogP contribution is -2.42. The average Bonchev–Trinajstić information content (AvgIpc) is 2.81. The van der Waals surface area contributed by atoms with E-state index in [0.717, 1.165) is 24.7 Å². The third-order valence-electron chi connectivity index (χ3n) is 2.53. The fourth-order valence-corrected chi connectivity index (χ4v) is 1.93. The lowest BCUT2D eigenvalue weighted by molar-refractivity contribution is 0.0684. The van der Waals surface area contributed by atoms with Crippen molar-refractivity contribution in [3.8, 4) is 0 Å². The normalized spacial score (nSPS) is 11.5. The SMILES string of the molecule is CCCN(CC(C)(C)CN)C(=O)c1cnsn1. The van der Waals surface area contributed by atoms with Crippen LogP contribution in [0, 0.1) is 5.41 Å². The first-order chi connectivity index (χ1) is 8.00. The molecule has 0 aromatic carbocycles. The highest BCUT2D eigenvalue weighted by Gasteiger charge is 2.25. The second-order valence-corrected chi connectivity index (χ2v) is 5.44. The van der Waals surface area contributed by atoms with Crippen LogP contribution in [-0.4, -0.2) is 39.2 Å². The molecule has 2 N–H and O–H groups in total. The van der Waals surface area contributed by atoms with E-state index < -0.39 is 0 Å². The van der Waals surface area contributed by atoms with Crippen LogP contribution in [0.2, 0.25) is 0 Å². The molecule has 1 amide bonds. The molecule has 0 saturated carbocycles. The first-order valence-electron chi connectivity index (χ1n) is 5.77. The minimum Gasteiger partial charge on any atom is -0.337 e. The number of hydrogen-bond donors (Lipinski definition) is 1. The molecule has 0 atom stereocenters. The van der Waals surface area contributed by atoms with Crippen LogP contribution in [0.3, 0.4) is 0 Å². The van der Waals surface area contributed by atoms with Crippen LogP contribution in [0.5, 0.6) is 0 Å². The number of aromatic nitrogens is 2. The fraction of sp³-hybridized carbons (Fsp3) is 0.727. The zero-order chi connectivity index (χ0) is 12.9. The van der Waals surface area contributed by atoms with Crippen LogP contribution >= 0.6 is 11.7 Å². The predicted octanol–water partition coefficient (Wildman–Crippen LogP) is 1.38. The quantitative estimate of drug-likeness (QED) is 0.834. The Kier molecular flexibility index (Phi) is 5.02. The molecule has 1 aromatic heterocycles. The van der Waals surface area contributed by atoms with Crippen LogP contribution in [0.15, 0.2) is 6.20 Å². The van der Waals surface area contributed by atoms with Gasteiger partial charge in [-0.1, -0.05) is 20.8 Å². The van der Waals surface area contributed by atoms with Gasteiger partial charge >= 0.3 is 0 Å². The number of rotatable bonds is 6. The van der Waals surface area contributed by atoms with E-state index in [1.54, 1.807) is 0 Å². The van der Waals surface area contributed by atoms with E-state index in [-0.39, 0.29) is 11.3 Å². The van der Waals surface area contributed by atoms with Crippen molar-refractivity contribution in [3.63, 3.8) is 0 Å². The van der Waals surface area contributed by atoms with Gasteiger partial charge in [0.05, 0.1) is 17.9 Å². The van der Waals surface area contributed by atoms with Crippen molar-refractivity contribution >= 4 is 17.6 Å². The lowest BCUT2D eigenvalue weighted by atomic mass is 9.93. The van der Waals surface area contributed by atoms with Gasteiger partial charge in [-0.15, -0.1) is 0 Å². The van der Waals surface area contributed by atoms with Gasteiger partial charge in [-0.3, -0.25) is 4.79 Å². The molecular formula is C11H20N4OS. The first kappa shape index (κ1) is 14.1. The summed E-state index contributed by atoms with van der Waals surface area (Å²) in [7, 11) is 0. The summed E-state index contributed by atoms with van der Waals surface area (Å²) in [5.74, 6) is -0.0536. The Balaban J connectivity index is 2.75. The maximum atomic E-state index is 12.2. The smallest absolute Gasteiger partial charge is 0.275 e. The number of hydrogen-bond acceptors (Lipinski definition) is 5. The van der Waals surface area contributed by atoms with Gasteiger partial charge < -0.3 is 10.6 Å². The van der Waals surface area contributed by atoms with Crippen molar-refractivity contribution in [2.45, 2.75) is 27.2 Å². The largest absolute Gasteiger partial charge is 0.337 e. The summed E-state index contributed by atoms with van der Waals surface area (Å²) in [6.45, 7) is 8.09. The molecular weight excluding hydrogens is 236 g/mol. The molecule has 0 aliphatic heterocycles. The highest BCUT2D eigenvalue weighted by atomic mass is 32.1. The second-order valence-electron chi connectivity index (χ2n) is 4.89. The standard InChI is InChI=1S/C11H20N4OS/c1-4-5-15(8-11(2,3)7-12)10(16)9-6-13-17-14-9/h6H,4-5,7-8,12H2,1-3H3. The lowest BCUT2D eigenvalue weighted by Gasteiger charge is -2.31. The van der Waals surface area contributed by atoms with Gasteiger partial charge in [0, 0.05) is 13.1 Å². The Labute approximate surface area is 106 Å². The molecule has 0 spiro atoms. The van der Waals surface area contributed by atoms with E-state index >= 15 is 0 Å². The number of nitrogens with zero attached hydrogens (tertiary/aromatic N) is 3. The maximum absolute atomic E-state index is 12.2. The van der Waals surface area contributed by atoms with E-state index in [4.69, 9.17) is 5.73 Å². The summed E-state index contributed by atoms with van der Waals surface area (Å²) >= 11 is 1.05. The molecule has 0 saturated heterocycles. The summed E-state index contributed by atoms with van der Waals surface area (Å²) in [5, 5.41) is 0. The van der Waals surface area contributed by atoms with Gasteiger partial charge in [-0.2, -0.15) is 8.75 Å². The van der Waals surface area contributed by atoms with Crippen molar-refractivity contribution in [3.05, 3.63) is 11.9 Å². The van der Waals surface area contributed by atoms with Gasteiger partial charge in [-0.25, -0.2) is 0 Å². The second kappa shape index (κ2) is 6.07. The molecule has 1 heterocycles. The minimum absolute atomic E-state index is 0.0536. The van der Waals surface area contributed by atoms with Crippen LogP contribution in [0.1, 0.15) is 37.7 Å². The van der Waals surface area contributed by atoms with Gasteiger partial charge in [0.1, 0.15) is 0 Å². The molecule has 0 bridgehead atoms. The molecule has 5 nitrogen and oxygen atoms in total. The number of carbonyl (C=O) groups is 1. The molecule has 96 valence electrons. The van der Waals surface area contributed by atoms with Crippen molar-refractivity contribution in [1.29, 1.82) is 0 Å². The Morgan fingerprint density at radius 1 is 1.59 bits per heavy atom. The Hall–Kier alpha value is -1.01. The Bertz CT molecular complexity index is 350. The maximum Gasteiger partial charge on any atom is 0.275 e. The van der Waals surface area contributed by atoms with E-state index in [9.17, 15) is 4.79 Å². The summed E-state index contributed by atoms with van der Waals surface area (Å²) in [4.78, 5) is 14.0. The van der Waals surface area contributed by atoms with Gasteiger partial charge in [0.25, 0.3) is 5.91 Å². The molecule has 0 unspecified atom stereocenters. The number of amides is 1. The zero-order valence-corrected chi connectivity index (χ0v) is 11.5. The molecule has 0 aliphatic carbocycles. The summed E-state index contributed by atoms with van der Waals surface area (Å²) in [6.07, 6.45) is 2.44. The van der Waals surface area contributed by atoms with Crippen molar-refractivity contribution in [2.75, 3.05) is 19.6 Å². The highest BCUT2D eigenvalue weighted by Crippen LogP contribution is 2.16. The van der Waals surface area contributed by atoms with Gasteiger partial charge in [0.2, 0.25) is 0 Å². The van der Waals surface area contributed by atoms with E-state index in [1.807, 2.05) is 4.90 Å². The monoisotopic (exact) mass is 256 g/mol. The van der Waals surface area contributed by atoms with Crippen molar-refractivity contribution < 1.29 is 4.79 Å². The van der Waals surface area contributed by atoms with E-state index in [0.29, 0.717) is 18.8 Å². The van der Waals surface area contributed by atoms with E-state index in [2.05, 4.69) is 29.5 Å². The number of nitrogens with two attached hydrogens (primary N) is 1. The van der Waals surface area contributed by atoms with Gasteiger partial charge in [0.15, 0.2) is 5.69 Å². The van der Waals surface area contributed by atoms with Crippen LogP contribution in [0.4, 0.5) is 0 Å². The van der Waals surface area contributed by atoms with E-state index in [1.165, 1.54) is 6.20 Å². The summed E-state index contributed by atoms with van der Waals surface area (Å²) in [6, 6.07) is 0. The molecule has 0 radical (unpaired) electrons.